The standard InChI is InChI=1S/C12H18FN3/c1-9(10-5-3-2-4-6-10)16-12-14-7-11(13)8-15-12/h7-10H,2-6H2,1H3,(H,14,15,16). The monoisotopic (exact) mass is 223 g/mol. The highest BCUT2D eigenvalue weighted by Gasteiger charge is 2.20. The zero-order valence-corrected chi connectivity index (χ0v) is 9.62. The number of hydrogen-bond acceptors (Lipinski definition) is 3. The van der Waals surface area contributed by atoms with Crippen LogP contribution in [0.2, 0.25) is 0 Å². The summed E-state index contributed by atoms with van der Waals surface area (Å²) in [5.74, 6) is 0.831. The van der Waals surface area contributed by atoms with Crippen molar-refractivity contribution in [2.45, 2.75) is 45.1 Å². The molecule has 0 amide bonds. The average molecular weight is 223 g/mol. The molecule has 1 N–H and O–H groups in total. The second kappa shape index (κ2) is 5.23. The first-order chi connectivity index (χ1) is 7.75. The summed E-state index contributed by atoms with van der Waals surface area (Å²) in [6.07, 6.45) is 8.94. The van der Waals surface area contributed by atoms with E-state index in [0.717, 1.165) is 0 Å². The molecule has 1 fully saturated rings. The van der Waals surface area contributed by atoms with Crippen molar-refractivity contribution >= 4 is 5.95 Å². The third kappa shape index (κ3) is 2.90. The quantitative estimate of drug-likeness (QED) is 0.856. The summed E-state index contributed by atoms with van der Waals surface area (Å²) in [6.45, 7) is 2.16. The van der Waals surface area contributed by atoms with Crippen LogP contribution in [0.4, 0.5) is 10.3 Å². The Balaban J connectivity index is 1.90. The van der Waals surface area contributed by atoms with E-state index < -0.39 is 5.82 Å². The van der Waals surface area contributed by atoms with Gasteiger partial charge in [-0.15, -0.1) is 0 Å². The van der Waals surface area contributed by atoms with E-state index in [9.17, 15) is 4.39 Å². The molecule has 1 aliphatic rings. The SMILES string of the molecule is CC(Nc1ncc(F)cn1)C1CCCCC1. The van der Waals surface area contributed by atoms with Crippen LogP contribution in [-0.2, 0) is 0 Å². The van der Waals surface area contributed by atoms with Crippen molar-refractivity contribution in [3.05, 3.63) is 18.2 Å². The van der Waals surface area contributed by atoms with Gasteiger partial charge in [0.15, 0.2) is 5.82 Å². The fourth-order valence-electron chi connectivity index (χ4n) is 2.34. The molecule has 0 saturated heterocycles. The van der Waals surface area contributed by atoms with Gasteiger partial charge in [0.1, 0.15) is 0 Å². The predicted octanol–water partition coefficient (Wildman–Crippen LogP) is 3.00. The number of nitrogens with one attached hydrogen (secondary N) is 1. The number of rotatable bonds is 3. The molecular formula is C12H18FN3. The van der Waals surface area contributed by atoms with Crippen LogP contribution < -0.4 is 5.32 Å². The predicted molar refractivity (Wildman–Crippen MR) is 61.6 cm³/mol. The van der Waals surface area contributed by atoms with Gasteiger partial charge < -0.3 is 5.32 Å². The van der Waals surface area contributed by atoms with Crippen LogP contribution in [0, 0.1) is 11.7 Å². The number of nitrogens with zero attached hydrogens (tertiary/aromatic N) is 2. The Morgan fingerprint density at radius 1 is 1.25 bits per heavy atom. The number of aromatic nitrogens is 2. The molecule has 0 aliphatic heterocycles. The molecule has 0 spiro atoms. The minimum absolute atomic E-state index is 0.366. The fourth-order valence-corrected chi connectivity index (χ4v) is 2.34. The largest absolute Gasteiger partial charge is 0.351 e. The van der Waals surface area contributed by atoms with Gasteiger partial charge in [0.05, 0.1) is 12.4 Å². The first kappa shape index (κ1) is 11.3. The third-order valence-corrected chi connectivity index (χ3v) is 3.33. The lowest BCUT2D eigenvalue weighted by molar-refractivity contribution is 0.327. The molecule has 3 nitrogen and oxygen atoms in total. The van der Waals surface area contributed by atoms with Gasteiger partial charge in [-0.05, 0) is 25.7 Å². The Bertz CT molecular complexity index is 320. The fraction of sp³-hybridized carbons (Fsp3) is 0.667. The van der Waals surface area contributed by atoms with Gasteiger partial charge in [0, 0.05) is 6.04 Å². The van der Waals surface area contributed by atoms with Gasteiger partial charge >= 0.3 is 0 Å². The maximum atomic E-state index is 12.6. The lowest BCUT2D eigenvalue weighted by atomic mass is 9.85. The minimum atomic E-state index is -0.393. The smallest absolute Gasteiger partial charge is 0.222 e. The molecule has 1 aliphatic carbocycles. The van der Waals surface area contributed by atoms with Gasteiger partial charge in [-0.3, -0.25) is 0 Å². The van der Waals surface area contributed by atoms with Crippen LogP contribution in [0.15, 0.2) is 12.4 Å². The van der Waals surface area contributed by atoms with Crippen LogP contribution in [0.5, 0.6) is 0 Å². The van der Waals surface area contributed by atoms with Crippen LogP contribution in [0.25, 0.3) is 0 Å². The van der Waals surface area contributed by atoms with E-state index in [1.54, 1.807) is 0 Å². The molecule has 4 heteroatoms. The van der Waals surface area contributed by atoms with Crippen molar-refractivity contribution < 1.29 is 4.39 Å². The molecule has 16 heavy (non-hydrogen) atoms. The molecule has 0 radical (unpaired) electrons. The summed E-state index contributed by atoms with van der Waals surface area (Å²) in [6, 6.07) is 0.366. The van der Waals surface area contributed by atoms with Crippen LogP contribution in [-0.4, -0.2) is 16.0 Å². The Kier molecular flexibility index (Phi) is 3.70. The third-order valence-electron chi connectivity index (χ3n) is 3.33. The summed E-state index contributed by atoms with van der Waals surface area (Å²) in [4.78, 5) is 7.83. The molecule has 2 rings (SSSR count). The molecule has 1 aromatic heterocycles. The second-order valence-electron chi connectivity index (χ2n) is 4.56. The van der Waals surface area contributed by atoms with Gasteiger partial charge in [0.2, 0.25) is 5.95 Å². The Morgan fingerprint density at radius 3 is 2.50 bits per heavy atom. The maximum absolute atomic E-state index is 12.6. The number of anilines is 1. The van der Waals surface area contributed by atoms with Crippen molar-refractivity contribution in [2.75, 3.05) is 5.32 Å². The topological polar surface area (TPSA) is 37.8 Å². The van der Waals surface area contributed by atoms with Gasteiger partial charge in [-0.25, -0.2) is 14.4 Å². The first-order valence-corrected chi connectivity index (χ1v) is 6.00. The van der Waals surface area contributed by atoms with Gasteiger partial charge in [0.25, 0.3) is 0 Å². The molecule has 1 unspecified atom stereocenters. The molecule has 1 atom stereocenters. The summed E-state index contributed by atoms with van der Waals surface area (Å²) in [5, 5.41) is 3.25. The van der Waals surface area contributed by atoms with E-state index in [-0.39, 0.29) is 0 Å². The van der Waals surface area contributed by atoms with Crippen LogP contribution in [0.1, 0.15) is 39.0 Å². The summed E-state index contributed by atoms with van der Waals surface area (Å²) in [5.41, 5.74) is 0. The van der Waals surface area contributed by atoms with E-state index in [0.29, 0.717) is 17.9 Å². The Morgan fingerprint density at radius 2 is 1.88 bits per heavy atom. The summed E-state index contributed by atoms with van der Waals surface area (Å²) < 4.78 is 12.6. The van der Waals surface area contributed by atoms with Crippen molar-refractivity contribution in [1.29, 1.82) is 0 Å². The zero-order valence-electron chi connectivity index (χ0n) is 9.62. The van der Waals surface area contributed by atoms with E-state index in [4.69, 9.17) is 0 Å². The van der Waals surface area contributed by atoms with Crippen LogP contribution in [0.3, 0.4) is 0 Å². The first-order valence-electron chi connectivity index (χ1n) is 6.00. The molecule has 1 saturated carbocycles. The molecule has 0 bridgehead atoms. The molecular weight excluding hydrogens is 205 g/mol. The van der Waals surface area contributed by atoms with Gasteiger partial charge in [-0.1, -0.05) is 19.3 Å². The zero-order chi connectivity index (χ0) is 11.4. The van der Waals surface area contributed by atoms with Crippen molar-refractivity contribution in [3.8, 4) is 0 Å². The maximum Gasteiger partial charge on any atom is 0.222 e. The molecule has 1 heterocycles. The normalized spacial score (nSPS) is 19.4. The average Bonchev–Trinajstić information content (AvgIpc) is 2.33. The van der Waals surface area contributed by atoms with E-state index in [2.05, 4.69) is 22.2 Å². The highest BCUT2D eigenvalue weighted by atomic mass is 19.1. The lowest BCUT2D eigenvalue weighted by Crippen LogP contribution is -2.28. The highest BCUT2D eigenvalue weighted by molar-refractivity contribution is 5.24. The van der Waals surface area contributed by atoms with Crippen molar-refractivity contribution in [2.24, 2.45) is 5.92 Å². The second-order valence-corrected chi connectivity index (χ2v) is 4.56. The molecule has 88 valence electrons. The van der Waals surface area contributed by atoms with E-state index >= 15 is 0 Å². The van der Waals surface area contributed by atoms with Crippen molar-refractivity contribution in [3.63, 3.8) is 0 Å². The molecule has 1 aromatic rings. The van der Waals surface area contributed by atoms with Crippen LogP contribution >= 0.6 is 0 Å². The summed E-state index contributed by atoms with van der Waals surface area (Å²) in [7, 11) is 0. The lowest BCUT2D eigenvalue weighted by Gasteiger charge is -2.28. The van der Waals surface area contributed by atoms with E-state index in [1.165, 1.54) is 44.5 Å². The van der Waals surface area contributed by atoms with Gasteiger partial charge in [-0.2, -0.15) is 0 Å². The number of halogens is 1. The Hall–Kier alpha value is -1.19. The Labute approximate surface area is 95.5 Å². The highest BCUT2D eigenvalue weighted by Crippen LogP contribution is 2.27. The minimum Gasteiger partial charge on any atom is -0.351 e. The van der Waals surface area contributed by atoms with Crippen molar-refractivity contribution in [1.82, 2.24) is 9.97 Å². The summed E-state index contributed by atoms with van der Waals surface area (Å²) >= 11 is 0. The number of hydrogen-bond donors (Lipinski definition) is 1. The molecule has 0 aromatic carbocycles. The van der Waals surface area contributed by atoms with E-state index in [1.807, 2.05) is 0 Å².